The fourth-order valence-corrected chi connectivity index (χ4v) is 5.73. The number of imidazole rings is 1. The summed E-state index contributed by atoms with van der Waals surface area (Å²) in [6, 6.07) is 14.8. The summed E-state index contributed by atoms with van der Waals surface area (Å²) in [7, 11) is 0. The Kier molecular flexibility index (Phi) is 6.72. The van der Waals surface area contributed by atoms with E-state index in [1.165, 1.54) is 0 Å². The largest absolute Gasteiger partial charge is 0.464 e. The van der Waals surface area contributed by atoms with Crippen molar-refractivity contribution in [1.82, 2.24) is 19.5 Å². The number of carbonyl (C=O) groups is 2. The van der Waals surface area contributed by atoms with Crippen LogP contribution in [0.25, 0.3) is 28.2 Å². The van der Waals surface area contributed by atoms with E-state index in [0.717, 1.165) is 33.8 Å². The lowest BCUT2D eigenvalue weighted by Crippen LogP contribution is -2.57. The highest BCUT2D eigenvalue weighted by Crippen LogP contribution is 2.38. The van der Waals surface area contributed by atoms with E-state index in [0.29, 0.717) is 12.1 Å². The maximum atomic E-state index is 12.8. The molecule has 188 valence electrons. The Morgan fingerprint density at radius 2 is 1.92 bits per heavy atom. The summed E-state index contributed by atoms with van der Waals surface area (Å²) in [6.07, 6.45) is 5.60. The van der Waals surface area contributed by atoms with Gasteiger partial charge in [-0.3, -0.25) is 19.3 Å². The van der Waals surface area contributed by atoms with Crippen LogP contribution in [-0.4, -0.2) is 54.5 Å². The van der Waals surface area contributed by atoms with Gasteiger partial charge in [0.25, 0.3) is 0 Å². The van der Waals surface area contributed by atoms with E-state index < -0.39 is 22.3 Å². The fourth-order valence-electron chi connectivity index (χ4n) is 4.47. The summed E-state index contributed by atoms with van der Waals surface area (Å²) in [4.78, 5) is 42.8. The van der Waals surface area contributed by atoms with Crippen molar-refractivity contribution in [3.05, 3.63) is 72.7 Å². The monoisotopic (exact) mass is 559 g/mol. The maximum Gasteiger partial charge on any atom is 0.331 e. The molecule has 1 fully saturated rings. The number of nitrogens with zero attached hydrogens (tertiary/aromatic N) is 5. The minimum atomic E-state index is -0.741. The molecule has 3 aromatic heterocycles. The molecule has 3 heterocycles. The van der Waals surface area contributed by atoms with Gasteiger partial charge < -0.3 is 4.74 Å². The van der Waals surface area contributed by atoms with Gasteiger partial charge in [-0.1, -0.05) is 28.1 Å². The Balaban J connectivity index is 1.48. The van der Waals surface area contributed by atoms with Crippen molar-refractivity contribution in [3.8, 4) is 17.1 Å². The molecule has 1 saturated carbocycles. The lowest BCUT2D eigenvalue weighted by molar-refractivity contribution is -0.144. The molecule has 1 aromatic carbocycles. The second-order valence-corrected chi connectivity index (χ2v) is 10.3. The van der Waals surface area contributed by atoms with Gasteiger partial charge in [-0.05, 0) is 62.7 Å². The molecular formula is C28H26BrN5O3. The first-order chi connectivity index (χ1) is 17.8. The number of halogens is 1. The molecule has 0 amide bonds. The number of esters is 1. The Bertz CT molecular complexity index is 1500. The highest BCUT2D eigenvalue weighted by atomic mass is 79.9. The molecule has 1 aliphatic carbocycles. The molecule has 9 heteroatoms. The predicted octanol–water partition coefficient (Wildman–Crippen LogP) is 4.77. The molecule has 0 aliphatic heterocycles. The van der Waals surface area contributed by atoms with E-state index in [2.05, 4.69) is 30.9 Å². The lowest BCUT2D eigenvalue weighted by atomic mass is 9.68. The number of pyridine rings is 2. The number of aromatic nitrogens is 4. The summed E-state index contributed by atoms with van der Waals surface area (Å²) < 4.78 is 7.30. The summed E-state index contributed by atoms with van der Waals surface area (Å²) in [5.41, 5.74) is 4.18. The van der Waals surface area contributed by atoms with Crippen LogP contribution in [0.5, 0.6) is 0 Å². The molecule has 1 aliphatic rings. The number of hydrogen-bond acceptors (Lipinski definition) is 7. The SMILES string of the molecule is CCOC(=O)[C@H](Cc1ccc(-n2c(-c3cccnc3)nc3cccnc32)cc1)N=C1C(Br)C(=O)C1(C)C. The third kappa shape index (κ3) is 4.59. The molecule has 37 heavy (non-hydrogen) atoms. The Hall–Kier alpha value is -3.72. The quantitative estimate of drug-likeness (QED) is 0.239. The number of benzene rings is 1. The molecule has 5 rings (SSSR count). The number of Topliss-reactive ketones (excluding diaryl/α,β-unsaturated/α-hetero) is 1. The first kappa shape index (κ1) is 25.0. The van der Waals surface area contributed by atoms with E-state index in [-0.39, 0.29) is 12.4 Å². The van der Waals surface area contributed by atoms with Crippen LogP contribution in [0.2, 0.25) is 0 Å². The zero-order valence-corrected chi connectivity index (χ0v) is 22.3. The first-order valence-corrected chi connectivity index (χ1v) is 13.0. The second-order valence-electron chi connectivity index (χ2n) is 9.36. The van der Waals surface area contributed by atoms with Crippen molar-refractivity contribution in [2.75, 3.05) is 6.61 Å². The number of aliphatic imine (C=N–C) groups is 1. The second kappa shape index (κ2) is 9.97. The van der Waals surface area contributed by atoms with E-state index in [1.54, 1.807) is 25.5 Å². The molecular weight excluding hydrogens is 534 g/mol. The summed E-state index contributed by atoms with van der Waals surface area (Å²) in [5.74, 6) is 0.395. The molecule has 8 nitrogen and oxygen atoms in total. The lowest BCUT2D eigenvalue weighted by Gasteiger charge is -2.40. The average Bonchev–Trinajstić information content (AvgIpc) is 3.31. The number of ether oxygens (including phenoxy) is 1. The summed E-state index contributed by atoms with van der Waals surface area (Å²) in [5, 5.41) is 0. The van der Waals surface area contributed by atoms with Crippen molar-refractivity contribution in [2.45, 2.75) is 38.1 Å². The normalized spacial score (nSPS) is 18.5. The Morgan fingerprint density at radius 3 is 2.59 bits per heavy atom. The van der Waals surface area contributed by atoms with Crippen LogP contribution >= 0.6 is 15.9 Å². The number of carbonyl (C=O) groups excluding carboxylic acids is 2. The van der Waals surface area contributed by atoms with Gasteiger partial charge in [-0.2, -0.15) is 0 Å². The zero-order valence-electron chi connectivity index (χ0n) is 20.8. The van der Waals surface area contributed by atoms with Gasteiger partial charge in [-0.15, -0.1) is 0 Å². The van der Waals surface area contributed by atoms with E-state index in [4.69, 9.17) is 9.72 Å². The van der Waals surface area contributed by atoms with Gasteiger partial charge in [0.15, 0.2) is 17.5 Å². The molecule has 2 atom stereocenters. The summed E-state index contributed by atoms with van der Waals surface area (Å²) in [6.45, 7) is 5.68. The maximum absolute atomic E-state index is 12.8. The number of hydrogen-bond donors (Lipinski definition) is 0. The average molecular weight is 560 g/mol. The van der Waals surface area contributed by atoms with Gasteiger partial charge in [0.2, 0.25) is 0 Å². The van der Waals surface area contributed by atoms with Crippen molar-refractivity contribution in [3.63, 3.8) is 0 Å². The third-order valence-corrected chi connectivity index (χ3v) is 7.39. The molecule has 0 N–H and O–H groups in total. The molecule has 0 spiro atoms. The van der Waals surface area contributed by atoms with E-state index in [1.807, 2.05) is 66.9 Å². The van der Waals surface area contributed by atoms with E-state index in [9.17, 15) is 9.59 Å². The number of rotatable bonds is 7. The predicted molar refractivity (Wildman–Crippen MR) is 145 cm³/mol. The molecule has 0 saturated heterocycles. The highest BCUT2D eigenvalue weighted by Gasteiger charge is 2.52. The van der Waals surface area contributed by atoms with Crippen LogP contribution in [0.4, 0.5) is 0 Å². The van der Waals surface area contributed by atoms with Gasteiger partial charge >= 0.3 is 5.97 Å². The molecule has 0 bridgehead atoms. The van der Waals surface area contributed by atoms with Crippen molar-refractivity contribution in [1.29, 1.82) is 0 Å². The summed E-state index contributed by atoms with van der Waals surface area (Å²) >= 11 is 3.40. The van der Waals surface area contributed by atoms with Gasteiger partial charge in [0.1, 0.15) is 16.2 Å². The Morgan fingerprint density at radius 1 is 1.16 bits per heavy atom. The smallest absolute Gasteiger partial charge is 0.331 e. The van der Waals surface area contributed by atoms with Crippen LogP contribution in [0, 0.1) is 5.41 Å². The van der Waals surface area contributed by atoms with E-state index >= 15 is 0 Å². The number of alkyl halides is 1. The van der Waals surface area contributed by atoms with Crippen molar-refractivity contribution < 1.29 is 14.3 Å². The minimum Gasteiger partial charge on any atom is -0.464 e. The zero-order chi connectivity index (χ0) is 26.2. The van der Waals surface area contributed by atoms with Gasteiger partial charge in [0, 0.05) is 42.0 Å². The van der Waals surface area contributed by atoms with Crippen LogP contribution in [-0.2, 0) is 20.7 Å². The van der Waals surface area contributed by atoms with Crippen LogP contribution in [0.15, 0.2) is 72.1 Å². The highest BCUT2D eigenvalue weighted by molar-refractivity contribution is 9.10. The van der Waals surface area contributed by atoms with Crippen LogP contribution < -0.4 is 0 Å². The number of fused-ring (bicyclic) bond motifs is 1. The number of ketones is 1. The van der Waals surface area contributed by atoms with Crippen LogP contribution in [0.3, 0.4) is 0 Å². The molecule has 1 unspecified atom stereocenters. The molecule has 4 aromatic rings. The van der Waals surface area contributed by atoms with Crippen molar-refractivity contribution >= 4 is 44.6 Å². The minimum absolute atomic E-state index is 0.0591. The van der Waals surface area contributed by atoms with Gasteiger partial charge in [-0.25, -0.2) is 14.8 Å². The Labute approximate surface area is 223 Å². The molecule has 0 radical (unpaired) electrons. The fraction of sp³-hybridized carbons (Fsp3) is 0.286. The third-order valence-electron chi connectivity index (χ3n) is 6.54. The van der Waals surface area contributed by atoms with Gasteiger partial charge in [0.05, 0.1) is 12.0 Å². The van der Waals surface area contributed by atoms with Crippen LogP contribution in [0.1, 0.15) is 26.3 Å². The van der Waals surface area contributed by atoms with Crippen molar-refractivity contribution in [2.24, 2.45) is 10.4 Å². The topological polar surface area (TPSA) is 99.3 Å². The standard InChI is InChI=1S/C28H26BrN5O3/c1-4-37-27(36)21(32-23-22(29)24(35)28(23,2)3)15-17-9-11-19(12-10-17)34-25(18-7-5-13-30-16-18)33-20-8-6-14-31-26(20)34/h5-14,16,21-22H,4,15H2,1-3H3/t21-,22?/m0/s1. The first-order valence-electron chi connectivity index (χ1n) is 12.1.